The Morgan fingerprint density at radius 3 is 2.00 bits per heavy atom. The molecule has 0 saturated carbocycles. The van der Waals surface area contributed by atoms with E-state index in [4.69, 9.17) is 0 Å². The number of hydrogen-bond acceptors (Lipinski definition) is 3. The average molecular weight is 435 g/mol. The normalized spacial score (nSPS) is 16.2. The van der Waals surface area contributed by atoms with Crippen molar-refractivity contribution in [2.45, 2.75) is 25.7 Å². The molecule has 1 N–H and O–H groups in total. The fourth-order valence-electron chi connectivity index (χ4n) is 4.21. The number of nitrogens with zero attached hydrogens (tertiary/aromatic N) is 3. The van der Waals surface area contributed by atoms with E-state index in [0.29, 0.717) is 44.6 Å². The monoisotopic (exact) mass is 434 g/mol. The van der Waals surface area contributed by atoms with Crippen LogP contribution in [-0.4, -0.2) is 71.8 Å². The number of benzene rings is 2. The summed E-state index contributed by atoms with van der Waals surface area (Å²) >= 11 is 0. The van der Waals surface area contributed by atoms with Crippen molar-refractivity contribution in [3.05, 3.63) is 65.7 Å². The van der Waals surface area contributed by atoms with Crippen LogP contribution in [0.4, 0.5) is 10.5 Å². The van der Waals surface area contributed by atoms with E-state index in [9.17, 15) is 14.4 Å². The Morgan fingerprint density at radius 1 is 0.719 bits per heavy atom. The molecule has 7 heteroatoms. The molecular weight excluding hydrogens is 404 g/mol. The van der Waals surface area contributed by atoms with Gasteiger partial charge in [-0.1, -0.05) is 30.3 Å². The zero-order valence-corrected chi connectivity index (χ0v) is 18.3. The Bertz CT molecular complexity index is 931. The van der Waals surface area contributed by atoms with Gasteiger partial charge in [-0.25, -0.2) is 4.79 Å². The molecule has 2 aromatic carbocycles. The number of aryl methyl sites for hydroxylation is 1. The van der Waals surface area contributed by atoms with Crippen LogP contribution in [0.15, 0.2) is 54.6 Å². The molecule has 0 radical (unpaired) electrons. The zero-order chi connectivity index (χ0) is 22.3. The van der Waals surface area contributed by atoms with Crippen molar-refractivity contribution in [2.24, 2.45) is 0 Å². The van der Waals surface area contributed by atoms with E-state index in [1.54, 1.807) is 9.80 Å². The predicted molar refractivity (Wildman–Crippen MR) is 124 cm³/mol. The Balaban J connectivity index is 1.22. The molecule has 32 heavy (non-hydrogen) atoms. The van der Waals surface area contributed by atoms with E-state index >= 15 is 0 Å². The number of piperazine rings is 1. The standard InChI is InChI=1S/C25H30N4O3/c30-23(27-14-4-5-15-27)13-10-20-8-11-22(12-9-20)26-25(32)29-18-16-28(17-19-29)24(31)21-6-2-1-3-7-21/h1-3,6-9,11-12H,4-5,10,13-19H2,(H,26,32). The summed E-state index contributed by atoms with van der Waals surface area (Å²) in [6.45, 7) is 3.81. The van der Waals surface area contributed by atoms with E-state index in [1.807, 2.05) is 59.5 Å². The highest BCUT2D eigenvalue weighted by molar-refractivity contribution is 5.94. The van der Waals surface area contributed by atoms with Crippen LogP contribution in [0.2, 0.25) is 0 Å². The smallest absolute Gasteiger partial charge is 0.321 e. The number of amides is 4. The van der Waals surface area contributed by atoms with Crippen molar-refractivity contribution >= 4 is 23.5 Å². The summed E-state index contributed by atoms with van der Waals surface area (Å²) in [4.78, 5) is 42.8. The lowest BCUT2D eigenvalue weighted by molar-refractivity contribution is -0.130. The third kappa shape index (κ3) is 5.46. The minimum atomic E-state index is -0.159. The van der Waals surface area contributed by atoms with Crippen LogP contribution in [0.5, 0.6) is 0 Å². The number of anilines is 1. The van der Waals surface area contributed by atoms with E-state index in [1.165, 1.54) is 0 Å². The first-order valence-corrected chi connectivity index (χ1v) is 11.4. The molecule has 0 bridgehead atoms. The number of hydrogen-bond donors (Lipinski definition) is 1. The largest absolute Gasteiger partial charge is 0.343 e. The summed E-state index contributed by atoms with van der Waals surface area (Å²) in [7, 11) is 0. The van der Waals surface area contributed by atoms with E-state index in [0.717, 1.165) is 37.2 Å². The molecule has 2 aliphatic rings. The van der Waals surface area contributed by atoms with Gasteiger partial charge in [-0.3, -0.25) is 9.59 Å². The summed E-state index contributed by atoms with van der Waals surface area (Å²) in [5.41, 5.74) is 2.49. The lowest BCUT2D eigenvalue weighted by Gasteiger charge is -2.34. The van der Waals surface area contributed by atoms with Crippen LogP contribution in [0.3, 0.4) is 0 Å². The van der Waals surface area contributed by atoms with Crippen LogP contribution in [-0.2, 0) is 11.2 Å². The van der Waals surface area contributed by atoms with Crippen molar-refractivity contribution in [1.29, 1.82) is 0 Å². The van der Waals surface area contributed by atoms with E-state index < -0.39 is 0 Å². The summed E-state index contributed by atoms with van der Waals surface area (Å²) in [5.74, 6) is 0.231. The molecule has 4 rings (SSSR count). The van der Waals surface area contributed by atoms with Crippen molar-refractivity contribution in [2.75, 3.05) is 44.6 Å². The van der Waals surface area contributed by atoms with Crippen LogP contribution in [0.25, 0.3) is 0 Å². The molecule has 2 aromatic rings. The van der Waals surface area contributed by atoms with Gasteiger partial charge in [0.2, 0.25) is 5.91 Å². The summed E-state index contributed by atoms with van der Waals surface area (Å²) in [5, 5.41) is 2.93. The van der Waals surface area contributed by atoms with Gasteiger partial charge >= 0.3 is 6.03 Å². The number of carbonyl (C=O) groups excluding carboxylic acids is 3. The highest BCUT2D eigenvalue weighted by Crippen LogP contribution is 2.15. The molecule has 2 saturated heterocycles. The quantitative estimate of drug-likeness (QED) is 0.785. The maximum Gasteiger partial charge on any atom is 0.321 e. The van der Waals surface area contributed by atoms with Gasteiger partial charge in [0, 0.05) is 56.9 Å². The lowest BCUT2D eigenvalue weighted by atomic mass is 10.1. The third-order valence-corrected chi connectivity index (χ3v) is 6.17. The summed E-state index contributed by atoms with van der Waals surface area (Å²) in [6, 6.07) is 16.7. The molecule has 4 amide bonds. The topological polar surface area (TPSA) is 73.0 Å². The molecule has 0 atom stereocenters. The molecule has 0 aliphatic carbocycles. The Morgan fingerprint density at radius 2 is 1.34 bits per heavy atom. The van der Waals surface area contributed by atoms with Crippen LogP contribution in [0.1, 0.15) is 35.2 Å². The molecule has 0 aromatic heterocycles. The second-order valence-corrected chi connectivity index (χ2v) is 8.36. The molecule has 7 nitrogen and oxygen atoms in total. The maximum absolute atomic E-state index is 12.6. The van der Waals surface area contributed by atoms with Crippen molar-refractivity contribution in [3.63, 3.8) is 0 Å². The number of nitrogens with one attached hydrogen (secondary N) is 1. The SMILES string of the molecule is O=C(CCc1ccc(NC(=O)N2CCN(C(=O)c3ccccc3)CC2)cc1)N1CCCC1. The number of rotatable bonds is 5. The third-order valence-electron chi connectivity index (χ3n) is 6.17. The minimum absolute atomic E-state index is 0.00413. The fourth-order valence-corrected chi connectivity index (χ4v) is 4.21. The van der Waals surface area contributed by atoms with Gasteiger partial charge < -0.3 is 20.0 Å². The first kappa shape index (κ1) is 21.9. The number of urea groups is 1. The van der Waals surface area contributed by atoms with Crippen LogP contribution < -0.4 is 5.32 Å². The van der Waals surface area contributed by atoms with Gasteiger partial charge in [-0.05, 0) is 49.1 Å². The predicted octanol–water partition coefficient (Wildman–Crippen LogP) is 3.23. The molecular formula is C25H30N4O3. The molecule has 2 aliphatic heterocycles. The lowest BCUT2D eigenvalue weighted by Crippen LogP contribution is -2.51. The summed E-state index contributed by atoms with van der Waals surface area (Å²) < 4.78 is 0. The number of likely N-dealkylation sites (tertiary alicyclic amines) is 1. The first-order valence-electron chi connectivity index (χ1n) is 11.4. The highest BCUT2D eigenvalue weighted by atomic mass is 16.2. The van der Waals surface area contributed by atoms with E-state index in [2.05, 4.69) is 5.32 Å². The van der Waals surface area contributed by atoms with Gasteiger partial charge in [-0.15, -0.1) is 0 Å². The van der Waals surface area contributed by atoms with Crippen molar-refractivity contribution in [3.8, 4) is 0 Å². The van der Waals surface area contributed by atoms with Crippen molar-refractivity contribution in [1.82, 2.24) is 14.7 Å². The Kier molecular flexibility index (Phi) is 7.04. The molecule has 0 spiro atoms. The fraction of sp³-hybridized carbons (Fsp3) is 0.400. The Hall–Kier alpha value is -3.35. The molecule has 2 heterocycles. The second-order valence-electron chi connectivity index (χ2n) is 8.36. The minimum Gasteiger partial charge on any atom is -0.343 e. The number of carbonyl (C=O) groups is 3. The van der Waals surface area contributed by atoms with Crippen LogP contribution in [0, 0.1) is 0 Å². The molecule has 168 valence electrons. The van der Waals surface area contributed by atoms with Gasteiger partial charge in [0.05, 0.1) is 0 Å². The highest BCUT2D eigenvalue weighted by Gasteiger charge is 2.25. The Labute approximate surface area is 189 Å². The van der Waals surface area contributed by atoms with Crippen molar-refractivity contribution < 1.29 is 14.4 Å². The van der Waals surface area contributed by atoms with Gasteiger partial charge in [0.25, 0.3) is 5.91 Å². The molecule has 2 fully saturated rings. The van der Waals surface area contributed by atoms with Gasteiger partial charge in [0.1, 0.15) is 0 Å². The molecule has 0 unspecified atom stereocenters. The second kappa shape index (κ2) is 10.3. The summed E-state index contributed by atoms with van der Waals surface area (Å²) in [6.07, 6.45) is 3.45. The zero-order valence-electron chi connectivity index (χ0n) is 18.3. The van der Waals surface area contributed by atoms with E-state index in [-0.39, 0.29) is 17.8 Å². The van der Waals surface area contributed by atoms with Crippen LogP contribution >= 0.6 is 0 Å². The average Bonchev–Trinajstić information content (AvgIpc) is 3.39. The maximum atomic E-state index is 12.6. The first-order chi connectivity index (χ1) is 15.6. The van der Waals surface area contributed by atoms with Gasteiger partial charge in [0.15, 0.2) is 0 Å². The van der Waals surface area contributed by atoms with Gasteiger partial charge in [-0.2, -0.15) is 0 Å².